The monoisotopic (exact) mass is 1230 g/mol. The second kappa shape index (κ2) is 25.0. The molecule has 0 spiro atoms. The van der Waals surface area contributed by atoms with E-state index in [0.717, 1.165) is 44.3 Å². The number of benzene rings is 5. The summed E-state index contributed by atoms with van der Waals surface area (Å²) in [5, 5.41) is 33.1. The predicted octanol–water partition coefficient (Wildman–Crippen LogP) is 8.42. The Morgan fingerprint density at radius 1 is 0.955 bits per heavy atom. The molecule has 3 atom stereocenters. The summed E-state index contributed by atoms with van der Waals surface area (Å²) in [7, 11) is -0.839. The van der Waals surface area contributed by atoms with E-state index in [0.29, 0.717) is 76.4 Å². The van der Waals surface area contributed by atoms with Gasteiger partial charge in [0, 0.05) is 62.4 Å². The molecule has 8 aromatic rings. The van der Waals surface area contributed by atoms with Gasteiger partial charge < -0.3 is 44.1 Å². The van der Waals surface area contributed by atoms with Crippen molar-refractivity contribution in [3.05, 3.63) is 118 Å². The van der Waals surface area contributed by atoms with Crippen molar-refractivity contribution in [2.75, 3.05) is 77.7 Å². The minimum Gasteiger partial charge on any atom is -0.508 e. The van der Waals surface area contributed by atoms with Gasteiger partial charge in [0.25, 0.3) is 0 Å². The SMILES string of the molecule is C#Cc1c(F)ccc2cc(O)cc(-c3ncc4c(N5CCCC(C(=O)NCCOCCOc6ccc7c(c6)O[C@H](C)CN(Cc6cc(C(CC(=O)O)c8cc(OC)c9c(c8)nnn9C)ccc6C)S7(=O)=O)C5)nc(OCC56CCCN5CCC6)nc4c3F)c12. The number of aromatic nitrogens is 6. The average molecular weight is 1240 g/mol. The number of halogens is 2. The van der Waals surface area contributed by atoms with Gasteiger partial charge in [0.2, 0.25) is 15.9 Å². The normalized spacial score (nSPS) is 18.5. The number of carboxylic acids is 1. The summed E-state index contributed by atoms with van der Waals surface area (Å²) in [4.78, 5) is 44.5. The van der Waals surface area contributed by atoms with Crippen LogP contribution in [-0.2, 0) is 37.9 Å². The number of phenolic OH excluding ortho intramolecular Hbond substituents is 1. The number of rotatable bonds is 20. The molecule has 0 bridgehead atoms. The van der Waals surface area contributed by atoms with Crippen LogP contribution in [0.15, 0.2) is 83.9 Å². The molecular formula is C65H68F2N10O11S. The number of carboxylic acid groups (broad SMARTS) is 1. The summed E-state index contributed by atoms with van der Waals surface area (Å²) >= 11 is 0. The number of amides is 1. The fraction of sp³-hybridized carbons (Fsp3) is 0.400. The largest absolute Gasteiger partial charge is 0.508 e. The molecule has 4 aliphatic heterocycles. The van der Waals surface area contributed by atoms with Crippen molar-refractivity contribution >= 4 is 60.4 Å². The Balaban J connectivity index is 0.677. The van der Waals surface area contributed by atoms with Gasteiger partial charge in [-0.25, -0.2) is 21.9 Å². The molecule has 0 radical (unpaired) electrons. The molecular weight excluding hydrogens is 1170 g/mol. The molecule has 24 heteroatoms. The van der Waals surface area contributed by atoms with E-state index in [1.807, 2.05) is 30.0 Å². The van der Waals surface area contributed by atoms with Crippen LogP contribution >= 0.6 is 0 Å². The number of carbonyl (C=O) groups is 2. The van der Waals surface area contributed by atoms with Gasteiger partial charge in [0.15, 0.2) is 5.82 Å². The molecule has 3 fully saturated rings. The van der Waals surface area contributed by atoms with Crippen LogP contribution < -0.4 is 29.2 Å². The van der Waals surface area contributed by atoms with Gasteiger partial charge in [-0.05, 0) is 136 Å². The van der Waals surface area contributed by atoms with Crippen molar-refractivity contribution in [1.82, 2.24) is 44.5 Å². The highest BCUT2D eigenvalue weighted by atomic mass is 32.2. The number of phenols is 1. The number of hydrogen-bond donors (Lipinski definition) is 3. The fourth-order valence-electron chi connectivity index (χ4n) is 13.2. The lowest BCUT2D eigenvalue weighted by molar-refractivity contribution is -0.137. The number of sulfonamides is 1. The maximum Gasteiger partial charge on any atom is 0.319 e. The van der Waals surface area contributed by atoms with E-state index in [1.54, 1.807) is 42.9 Å². The number of carbonyl (C=O) groups excluding carboxylic acids is 1. The number of anilines is 1. The van der Waals surface area contributed by atoms with Crippen LogP contribution in [0.5, 0.6) is 29.0 Å². The van der Waals surface area contributed by atoms with E-state index in [1.165, 1.54) is 47.9 Å². The molecule has 21 nitrogen and oxygen atoms in total. The quantitative estimate of drug-likeness (QED) is 0.0479. The zero-order valence-corrected chi connectivity index (χ0v) is 50.6. The number of fused-ring (bicyclic) bond motifs is 5. The number of methoxy groups -OCH3 is 1. The molecule has 12 rings (SSSR count). The number of terminal acetylenes is 1. The summed E-state index contributed by atoms with van der Waals surface area (Å²) in [5.41, 5.74) is 3.62. The first kappa shape index (κ1) is 60.5. The molecule has 7 heterocycles. The van der Waals surface area contributed by atoms with Gasteiger partial charge >= 0.3 is 12.0 Å². The van der Waals surface area contributed by atoms with Crippen molar-refractivity contribution < 1.29 is 60.7 Å². The van der Waals surface area contributed by atoms with E-state index in [2.05, 4.69) is 36.4 Å². The third-order valence-electron chi connectivity index (χ3n) is 17.6. The highest BCUT2D eigenvalue weighted by Gasteiger charge is 2.45. The molecule has 1 amide bonds. The summed E-state index contributed by atoms with van der Waals surface area (Å²) in [6, 6.07) is 19.1. The van der Waals surface area contributed by atoms with E-state index in [9.17, 15) is 28.2 Å². The molecule has 3 aromatic heterocycles. The maximum atomic E-state index is 17.3. The van der Waals surface area contributed by atoms with E-state index < -0.39 is 45.6 Å². The number of nitrogens with zero attached hydrogens (tertiary/aromatic N) is 9. The number of ether oxygens (including phenoxy) is 5. The molecule has 464 valence electrons. The molecule has 89 heavy (non-hydrogen) atoms. The summed E-state index contributed by atoms with van der Waals surface area (Å²) < 4.78 is 94.4. The van der Waals surface area contributed by atoms with Gasteiger partial charge in [0.1, 0.15) is 81.1 Å². The first-order valence-corrected chi connectivity index (χ1v) is 31.2. The van der Waals surface area contributed by atoms with Gasteiger partial charge in [-0.15, -0.1) is 11.5 Å². The Morgan fingerprint density at radius 3 is 2.56 bits per heavy atom. The van der Waals surface area contributed by atoms with Crippen LogP contribution in [0.25, 0.3) is 44.0 Å². The smallest absolute Gasteiger partial charge is 0.319 e. The number of aryl methyl sites for hydroxylation is 2. The summed E-state index contributed by atoms with van der Waals surface area (Å²) in [6.45, 7) is 7.37. The lowest BCUT2D eigenvalue weighted by Crippen LogP contribution is -2.44. The predicted molar refractivity (Wildman–Crippen MR) is 327 cm³/mol. The molecule has 3 saturated heterocycles. The van der Waals surface area contributed by atoms with E-state index in [-0.39, 0.29) is 119 Å². The number of piperidine rings is 1. The topological polar surface area (TPSA) is 246 Å². The van der Waals surface area contributed by atoms with Crippen LogP contribution in [-0.4, -0.2) is 154 Å². The lowest BCUT2D eigenvalue weighted by Gasteiger charge is -2.34. The standard InChI is InChI=1S/C65H68F2N10O11S/c1-6-47-51(66)15-13-41-27-45(78)30-49(57(41)47)59-58(67)60-50(33-69-59)62(71-64(70-60)87-37-65-17-8-21-76(65)22-9-18-65)75-20-7-10-42(35-75)63(81)68-19-23-85-24-25-86-46-14-16-55-53(31-46)88-39(3)34-77(89(55,82)83)36-44-26-40(12-11-38(44)2)48(32-56(79)80)43-28-52-61(54(29-43)84-5)74(4)73-72-52/h1,11-16,26-31,33,39,42,48,78H,7-10,17-25,32,34-37H2,2-5H3,(H,68,81)(H,79,80)/t39-,42?,48?/m1/s1. The van der Waals surface area contributed by atoms with Crippen LogP contribution in [0, 0.1) is 36.8 Å². The second-order valence-electron chi connectivity index (χ2n) is 23.4. The molecule has 0 saturated carbocycles. The molecule has 3 N–H and O–H groups in total. The maximum absolute atomic E-state index is 17.3. The number of pyridine rings is 1. The zero-order valence-electron chi connectivity index (χ0n) is 49.8. The number of nitrogens with one attached hydrogen (secondary N) is 1. The van der Waals surface area contributed by atoms with Gasteiger partial charge in [-0.1, -0.05) is 35.4 Å². The Hall–Kier alpha value is -8.76. The lowest BCUT2D eigenvalue weighted by atomic mass is 9.86. The van der Waals surface area contributed by atoms with Crippen LogP contribution in [0.4, 0.5) is 14.6 Å². The van der Waals surface area contributed by atoms with Crippen LogP contribution in [0.2, 0.25) is 0 Å². The zero-order chi connectivity index (χ0) is 62.3. The van der Waals surface area contributed by atoms with Crippen molar-refractivity contribution in [2.24, 2.45) is 13.0 Å². The third-order valence-corrected chi connectivity index (χ3v) is 19.5. The fourth-order valence-corrected chi connectivity index (χ4v) is 14.8. The van der Waals surface area contributed by atoms with Crippen LogP contribution in [0.1, 0.15) is 85.6 Å². The number of aliphatic carboxylic acids is 1. The minimum atomic E-state index is -4.11. The molecule has 0 aliphatic carbocycles. The highest BCUT2D eigenvalue weighted by molar-refractivity contribution is 7.89. The average Bonchev–Trinajstić information content (AvgIpc) is 1.88. The van der Waals surface area contributed by atoms with Gasteiger partial charge in [-0.3, -0.25) is 19.5 Å². The van der Waals surface area contributed by atoms with Gasteiger partial charge in [-0.2, -0.15) is 14.3 Å². The minimum absolute atomic E-state index is 0.00134. The molecule has 4 aliphatic rings. The molecule has 5 aromatic carbocycles. The second-order valence-corrected chi connectivity index (χ2v) is 25.3. The number of hydrogen-bond acceptors (Lipinski definition) is 17. The van der Waals surface area contributed by atoms with Crippen molar-refractivity contribution in [3.63, 3.8) is 0 Å². The van der Waals surface area contributed by atoms with E-state index in [4.69, 9.17) is 35.1 Å². The van der Waals surface area contributed by atoms with Crippen molar-refractivity contribution in [2.45, 2.75) is 87.8 Å². The first-order chi connectivity index (χ1) is 42.9. The Bertz CT molecular complexity index is 4230. The van der Waals surface area contributed by atoms with Crippen LogP contribution in [0.3, 0.4) is 0 Å². The van der Waals surface area contributed by atoms with Crippen molar-refractivity contribution in [3.8, 4) is 52.6 Å². The summed E-state index contributed by atoms with van der Waals surface area (Å²) in [5.74, 6) is -0.263. The van der Waals surface area contributed by atoms with Crippen molar-refractivity contribution in [1.29, 1.82) is 0 Å². The summed E-state index contributed by atoms with van der Waals surface area (Å²) in [6.07, 6.45) is 11.7. The first-order valence-electron chi connectivity index (χ1n) is 29.8. The Morgan fingerprint density at radius 2 is 1.78 bits per heavy atom. The number of aromatic hydroxyl groups is 1. The Kier molecular flexibility index (Phi) is 17.0. The Labute approximate surface area is 512 Å². The highest BCUT2D eigenvalue weighted by Crippen LogP contribution is 2.43. The van der Waals surface area contributed by atoms with E-state index >= 15 is 8.78 Å². The molecule has 2 unspecified atom stereocenters. The third kappa shape index (κ3) is 12.0. The van der Waals surface area contributed by atoms with Gasteiger partial charge in [0.05, 0.1) is 55.7 Å².